The van der Waals surface area contributed by atoms with E-state index >= 15 is 0 Å². The lowest BCUT2D eigenvalue weighted by Crippen LogP contribution is -2.48. The number of benzene rings is 7. The molecule has 0 spiro atoms. The first kappa shape index (κ1) is 40.6. The van der Waals surface area contributed by atoms with Gasteiger partial charge in [-0.3, -0.25) is 0 Å². The van der Waals surface area contributed by atoms with Crippen molar-refractivity contribution in [3.63, 3.8) is 0 Å². The molecule has 9 aromatic rings. The zero-order chi connectivity index (χ0) is 44.8. The van der Waals surface area contributed by atoms with Crippen LogP contribution < -0.4 is 20.5 Å². The highest BCUT2D eigenvalue weighted by atomic mass is 15.3. The van der Waals surface area contributed by atoms with Crippen molar-refractivity contribution >= 4 is 91.3 Å². The summed E-state index contributed by atoms with van der Waals surface area (Å²) >= 11 is 0. The van der Waals surface area contributed by atoms with E-state index in [2.05, 4.69) is 247 Å². The first-order valence-corrected chi connectivity index (χ1v) is 23.3. The van der Waals surface area contributed by atoms with Crippen LogP contribution in [0.15, 0.2) is 146 Å². The Morgan fingerprint density at radius 1 is 0.344 bits per heavy atom. The van der Waals surface area contributed by atoms with Gasteiger partial charge in [0.15, 0.2) is 0 Å². The Morgan fingerprint density at radius 2 is 0.656 bits per heavy atom. The summed E-state index contributed by atoms with van der Waals surface area (Å²) in [5, 5.41) is 5.25. The largest absolute Gasteiger partial charge is 0.420 e. The highest BCUT2D eigenvalue weighted by Crippen LogP contribution is 2.59. The summed E-state index contributed by atoms with van der Waals surface area (Å²) in [5.74, 6) is 0. The lowest BCUT2D eigenvalue weighted by molar-refractivity contribution is 0.590. The van der Waals surface area contributed by atoms with E-state index in [1.807, 2.05) is 0 Å². The van der Waals surface area contributed by atoms with Gasteiger partial charge >= 0.3 is 14.0 Å². The second-order valence-electron chi connectivity index (χ2n) is 22.8. The van der Waals surface area contributed by atoms with Gasteiger partial charge in [-0.2, -0.15) is 0 Å². The monoisotopic (exact) mass is 835 g/mol. The van der Waals surface area contributed by atoms with Crippen molar-refractivity contribution in [2.45, 2.75) is 105 Å². The van der Waals surface area contributed by atoms with Crippen molar-refractivity contribution < 1.29 is 0 Å². The van der Waals surface area contributed by atoms with Crippen LogP contribution in [0.4, 0.5) is 22.7 Å². The third-order valence-electron chi connectivity index (χ3n) is 14.3. The molecular weight excluding hydrogens is 774 g/mol. The fraction of sp³-hybridized carbons (Fsp3) is 0.276. The van der Waals surface area contributed by atoms with Gasteiger partial charge in [0.25, 0.3) is 0 Å². The molecule has 4 nitrogen and oxygen atoms in total. The average molecular weight is 835 g/mol. The van der Waals surface area contributed by atoms with E-state index in [1.165, 1.54) is 99.5 Å². The van der Waals surface area contributed by atoms with Crippen molar-refractivity contribution in [1.82, 2.24) is 8.96 Å². The van der Waals surface area contributed by atoms with Crippen LogP contribution in [0, 0.1) is 0 Å². The maximum atomic E-state index is 2.70. The molecular formula is C58H60B2N4. The number of anilines is 4. The van der Waals surface area contributed by atoms with E-state index in [0.717, 1.165) is 0 Å². The molecule has 0 radical (unpaired) electrons. The van der Waals surface area contributed by atoms with Crippen molar-refractivity contribution in [3.05, 3.63) is 168 Å². The van der Waals surface area contributed by atoms with Crippen LogP contribution in [-0.2, 0) is 21.7 Å². The number of fused-ring (bicyclic) bond motifs is 8. The summed E-state index contributed by atoms with van der Waals surface area (Å²) in [7, 11) is 0. The van der Waals surface area contributed by atoms with Gasteiger partial charge in [0, 0.05) is 44.0 Å². The number of hydrogen-bond donors (Lipinski definition) is 0. The van der Waals surface area contributed by atoms with Gasteiger partial charge < -0.3 is 18.6 Å². The van der Waals surface area contributed by atoms with Crippen molar-refractivity contribution in [2.75, 3.05) is 9.62 Å². The van der Waals surface area contributed by atoms with Crippen LogP contribution in [0.2, 0.25) is 0 Å². The minimum Gasteiger partial charge on any atom is -0.359 e. The van der Waals surface area contributed by atoms with Gasteiger partial charge in [-0.05, 0) is 103 Å². The third-order valence-corrected chi connectivity index (χ3v) is 14.3. The fourth-order valence-corrected chi connectivity index (χ4v) is 10.8. The maximum Gasteiger partial charge on any atom is 0.420 e. The number of nitrogens with zero attached hydrogens (tertiary/aromatic N) is 4. The van der Waals surface area contributed by atoms with Crippen LogP contribution in [0.1, 0.15) is 105 Å². The molecule has 0 atom stereocenters. The molecule has 2 aliphatic rings. The van der Waals surface area contributed by atoms with Gasteiger partial charge in [0.1, 0.15) is 0 Å². The van der Waals surface area contributed by atoms with Crippen LogP contribution in [0.25, 0.3) is 43.6 Å². The fourth-order valence-electron chi connectivity index (χ4n) is 10.8. The summed E-state index contributed by atoms with van der Waals surface area (Å²) in [4.78, 5) is 5.37. The van der Waals surface area contributed by atoms with E-state index in [9.17, 15) is 0 Å². The lowest BCUT2D eigenvalue weighted by atomic mass is 9.65. The predicted molar refractivity (Wildman–Crippen MR) is 279 cm³/mol. The van der Waals surface area contributed by atoms with Crippen molar-refractivity contribution in [2.24, 2.45) is 0 Å². The van der Waals surface area contributed by atoms with Crippen molar-refractivity contribution in [3.8, 4) is 0 Å². The quantitative estimate of drug-likeness (QED) is 0.164. The first-order valence-electron chi connectivity index (χ1n) is 23.3. The van der Waals surface area contributed by atoms with Crippen LogP contribution in [0.5, 0.6) is 0 Å². The Hall–Kier alpha value is -6.13. The topological polar surface area (TPSA) is 16.3 Å². The molecule has 4 heterocycles. The van der Waals surface area contributed by atoms with Gasteiger partial charge in [-0.25, -0.2) is 0 Å². The minimum absolute atomic E-state index is 0.0347. The molecule has 7 aromatic carbocycles. The normalized spacial score (nSPS) is 14.4. The summed E-state index contributed by atoms with van der Waals surface area (Å²) in [6.07, 6.45) is 0. The number of aromatic nitrogens is 2. The lowest BCUT2D eigenvalue weighted by Gasteiger charge is -2.31. The standard InChI is InChI=1S/C58H60B2N4/c1-55(2,3)37-23-29-43(30-24-37)61-51-49-45-35-39(57(7,8)9)28-34-48(45)64-54(49)52(62(60(64)42-21-17-14-18-22-42)44-31-25-38(26-32-44)56(4,5)6)50-46-36-40(58(10,11)12)27-33-47(46)63(53(50)51)59(61)41-19-15-13-16-20-41/h13-36H,1-12H3. The number of hydrogen-bond acceptors (Lipinski definition) is 2. The van der Waals surface area contributed by atoms with Crippen LogP contribution >= 0.6 is 0 Å². The summed E-state index contributed by atoms with van der Waals surface area (Å²) in [6.45, 7) is 27.7. The summed E-state index contributed by atoms with van der Waals surface area (Å²) in [5.41, 5.74) is 17.9. The Kier molecular flexibility index (Phi) is 8.69. The van der Waals surface area contributed by atoms with Crippen LogP contribution in [-0.4, -0.2) is 22.9 Å². The summed E-state index contributed by atoms with van der Waals surface area (Å²) < 4.78 is 5.39. The highest BCUT2D eigenvalue weighted by Gasteiger charge is 2.49. The van der Waals surface area contributed by atoms with Crippen molar-refractivity contribution in [1.29, 1.82) is 0 Å². The van der Waals surface area contributed by atoms with Gasteiger partial charge in [0.05, 0.1) is 22.4 Å². The van der Waals surface area contributed by atoms with E-state index in [4.69, 9.17) is 0 Å². The molecule has 2 aliphatic heterocycles. The van der Waals surface area contributed by atoms with Gasteiger partial charge in [-0.1, -0.05) is 180 Å². The minimum atomic E-state index is -0.122. The molecule has 64 heavy (non-hydrogen) atoms. The second kappa shape index (κ2) is 13.7. The van der Waals surface area contributed by atoms with E-state index in [0.29, 0.717) is 0 Å². The molecule has 0 fully saturated rings. The molecule has 0 N–H and O–H groups in total. The molecule has 0 saturated heterocycles. The SMILES string of the molecule is CC(C)(C)c1ccc(N2B(c3ccccc3)n3c4ccc(C(C)(C)C)cc4c4c5c6c(c2c43)c2cc(C(C)(C)C)ccc2n6B(c2ccccc2)N5c2ccc(C(C)(C)C)cc2)cc1. The Bertz CT molecular complexity index is 3070. The van der Waals surface area contributed by atoms with E-state index in [-0.39, 0.29) is 35.6 Å². The number of rotatable bonds is 4. The van der Waals surface area contributed by atoms with Crippen LogP contribution in [0.3, 0.4) is 0 Å². The molecule has 11 rings (SSSR count). The molecule has 6 heteroatoms. The molecule has 0 unspecified atom stereocenters. The van der Waals surface area contributed by atoms with E-state index < -0.39 is 0 Å². The molecule has 0 amide bonds. The second-order valence-corrected chi connectivity index (χ2v) is 22.8. The average Bonchev–Trinajstić information content (AvgIpc) is 3.98. The Labute approximate surface area is 380 Å². The highest BCUT2D eigenvalue weighted by molar-refractivity contribution is 6.83. The Balaban J connectivity index is 1.38. The molecule has 0 bridgehead atoms. The predicted octanol–water partition coefficient (Wildman–Crippen LogP) is 13.9. The molecule has 318 valence electrons. The Morgan fingerprint density at radius 3 is 0.969 bits per heavy atom. The first-order chi connectivity index (χ1) is 30.3. The maximum absolute atomic E-state index is 2.70. The van der Waals surface area contributed by atoms with Gasteiger partial charge in [0.2, 0.25) is 0 Å². The van der Waals surface area contributed by atoms with E-state index in [1.54, 1.807) is 0 Å². The smallest absolute Gasteiger partial charge is 0.359 e. The third kappa shape index (κ3) is 5.97. The molecule has 0 saturated carbocycles. The summed E-state index contributed by atoms with van der Waals surface area (Å²) in [6, 6.07) is 56.0. The zero-order valence-electron chi connectivity index (χ0n) is 39.8. The van der Waals surface area contributed by atoms with Gasteiger partial charge in [-0.15, -0.1) is 0 Å². The molecule has 0 aliphatic carbocycles. The molecule has 2 aromatic heterocycles. The zero-order valence-corrected chi connectivity index (χ0v) is 39.8.